The van der Waals surface area contributed by atoms with Gasteiger partial charge in [0.2, 0.25) is 0 Å². The Hall–Kier alpha value is -3.12. The van der Waals surface area contributed by atoms with Crippen LogP contribution in [0, 0.1) is 6.92 Å². The van der Waals surface area contributed by atoms with Crippen molar-refractivity contribution in [1.29, 1.82) is 0 Å². The minimum absolute atomic E-state index is 0.0381. The lowest BCUT2D eigenvalue weighted by atomic mass is 9.94. The highest BCUT2D eigenvalue weighted by Gasteiger charge is 2.26. The van der Waals surface area contributed by atoms with E-state index in [1.165, 1.54) is 0 Å². The van der Waals surface area contributed by atoms with Gasteiger partial charge in [-0.3, -0.25) is 9.59 Å². The Morgan fingerprint density at radius 1 is 0.969 bits per heavy atom. The molecule has 1 aromatic heterocycles. The molecule has 0 spiro atoms. The Kier molecular flexibility index (Phi) is 5.47. The second-order valence-corrected chi connectivity index (χ2v) is 8.84. The highest BCUT2D eigenvalue weighted by molar-refractivity contribution is 6.30. The van der Waals surface area contributed by atoms with Crippen LogP contribution in [0.5, 0.6) is 0 Å². The molecule has 0 N–H and O–H groups in total. The molecule has 164 valence electrons. The number of rotatable bonds is 3. The fourth-order valence-electron chi connectivity index (χ4n) is 4.69. The average Bonchev–Trinajstić information content (AvgIpc) is 3.16. The zero-order valence-corrected chi connectivity index (χ0v) is 18.8. The standard InChI is InChI=1S/C25H25ClN4O2/c1-17-24-22(6-3-7-23(24)31)30(27-17)20-10-8-18(9-11-20)25(32)29-14-12-28(13-15-29)21-5-2-4-19(26)16-21/h2,4-5,8-11,16H,3,6-7,12-15H2,1H3. The van der Waals surface area contributed by atoms with Crippen molar-refractivity contribution in [3.63, 3.8) is 0 Å². The average molecular weight is 449 g/mol. The van der Waals surface area contributed by atoms with Crippen molar-refractivity contribution in [3.8, 4) is 5.69 Å². The maximum Gasteiger partial charge on any atom is 0.253 e. The van der Waals surface area contributed by atoms with E-state index in [1.807, 2.05) is 65.0 Å². The predicted molar refractivity (Wildman–Crippen MR) is 125 cm³/mol. The summed E-state index contributed by atoms with van der Waals surface area (Å²) in [7, 11) is 0. The number of benzene rings is 2. The molecular formula is C25H25ClN4O2. The maximum atomic E-state index is 13.0. The normalized spacial score (nSPS) is 16.2. The maximum absolute atomic E-state index is 13.0. The van der Waals surface area contributed by atoms with Crippen molar-refractivity contribution in [2.45, 2.75) is 26.2 Å². The number of aromatic nitrogens is 2. The fourth-order valence-corrected chi connectivity index (χ4v) is 4.88. The van der Waals surface area contributed by atoms with Gasteiger partial charge in [0.15, 0.2) is 5.78 Å². The van der Waals surface area contributed by atoms with E-state index in [9.17, 15) is 9.59 Å². The van der Waals surface area contributed by atoms with Gasteiger partial charge in [0, 0.05) is 48.9 Å². The first-order valence-electron chi connectivity index (χ1n) is 11.0. The number of piperazine rings is 1. The summed E-state index contributed by atoms with van der Waals surface area (Å²) in [6.45, 7) is 4.77. The first kappa shape index (κ1) is 20.8. The number of Topliss-reactive ketones (excluding diaryl/α,β-unsaturated/α-hetero) is 1. The van der Waals surface area contributed by atoms with Gasteiger partial charge in [0.25, 0.3) is 5.91 Å². The summed E-state index contributed by atoms with van der Waals surface area (Å²) in [5.74, 6) is 0.217. The quantitative estimate of drug-likeness (QED) is 0.599. The summed E-state index contributed by atoms with van der Waals surface area (Å²) in [5.41, 5.74) is 5.17. The van der Waals surface area contributed by atoms with Crippen LogP contribution in [-0.4, -0.2) is 52.5 Å². The number of ketones is 1. The summed E-state index contributed by atoms with van der Waals surface area (Å²) < 4.78 is 1.86. The van der Waals surface area contributed by atoms with Gasteiger partial charge in [-0.05, 0) is 62.2 Å². The van der Waals surface area contributed by atoms with Gasteiger partial charge in [-0.1, -0.05) is 17.7 Å². The third-order valence-electron chi connectivity index (χ3n) is 6.35. The zero-order valence-electron chi connectivity index (χ0n) is 18.1. The van der Waals surface area contributed by atoms with Crippen molar-refractivity contribution < 1.29 is 9.59 Å². The molecule has 2 heterocycles. The van der Waals surface area contributed by atoms with E-state index < -0.39 is 0 Å². The molecule has 0 unspecified atom stereocenters. The Labute approximate surface area is 192 Å². The van der Waals surface area contributed by atoms with E-state index >= 15 is 0 Å². The monoisotopic (exact) mass is 448 g/mol. The van der Waals surface area contributed by atoms with E-state index in [0.29, 0.717) is 25.1 Å². The van der Waals surface area contributed by atoms with Crippen LogP contribution in [0.4, 0.5) is 5.69 Å². The number of hydrogen-bond donors (Lipinski definition) is 0. The molecule has 2 aromatic carbocycles. The minimum Gasteiger partial charge on any atom is -0.368 e. The third-order valence-corrected chi connectivity index (χ3v) is 6.59. The number of halogens is 1. The molecule has 0 atom stereocenters. The van der Waals surface area contributed by atoms with E-state index in [-0.39, 0.29) is 11.7 Å². The number of carbonyl (C=O) groups excluding carboxylic acids is 2. The molecule has 5 rings (SSSR count). The van der Waals surface area contributed by atoms with Gasteiger partial charge in [0.05, 0.1) is 22.6 Å². The summed E-state index contributed by atoms with van der Waals surface area (Å²) in [6.07, 6.45) is 2.30. The molecule has 0 saturated carbocycles. The molecule has 1 aliphatic heterocycles. The Morgan fingerprint density at radius 2 is 1.72 bits per heavy atom. The molecule has 1 amide bonds. The highest BCUT2D eigenvalue weighted by Crippen LogP contribution is 2.27. The van der Waals surface area contributed by atoms with Gasteiger partial charge in [-0.2, -0.15) is 5.10 Å². The topological polar surface area (TPSA) is 58.4 Å². The summed E-state index contributed by atoms with van der Waals surface area (Å²) in [5, 5.41) is 5.33. The van der Waals surface area contributed by atoms with E-state index in [2.05, 4.69) is 10.00 Å². The van der Waals surface area contributed by atoms with Crippen molar-refractivity contribution in [3.05, 3.63) is 76.1 Å². The number of amides is 1. The number of nitrogens with zero attached hydrogens (tertiary/aromatic N) is 4. The third kappa shape index (κ3) is 3.79. The van der Waals surface area contributed by atoms with Crippen molar-refractivity contribution in [2.75, 3.05) is 31.1 Å². The predicted octanol–water partition coefficient (Wildman–Crippen LogP) is 4.32. The minimum atomic E-state index is 0.0381. The first-order chi connectivity index (χ1) is 15.5. The molecule has 2 aliphatic rings. The van der Waals surface area contributed by atoms with Crippen molar-refractivity contribution >= 4 is 29.0 Å². The van der Waals surface area contributed by atoms with Crippen LogP contribution in [0.2, 0.25) is 5.02 Å². The van der Waals surface area contributed by atoms with Gasteiger partial charge < -0.3 is 9.80 Å². The molecule has 3 aromatic rings. The van der Waals surface area contributed by atoms with Crippen molar-refractivity contribution in [2.24, 2.45) is 0 Å². The first-order valence-corrected chi connectivity index (χ1v) is 11.4. The van der Waals surface area contributed by atoms with Crippen LogP contribution in [0.1, 0.15) is 44.9 Å². The molecule has 6 nitrogen and oxygen atoms in total. The Morgan fingerprint density at radius 3 is 2.44 bits per heavy atom. The summed E-state index contributed by atoms with van der Waals surface area (Å²) in [6, 6.07) is 15.4. The SMILES string of the molecule is Cc1nn(-c2ccc(C(=O)N3CCN(c4cccc(Cl)c4)CC3)cc2)c2c1C(=O)CCC2. The number of hydrogen-bond acceptors (Lipinski definition) is 4. The lowest BCUT2D eigenvalue weighted by molar-refractivity contribution is 0.0746. The van der Waals surface area contributed by atoms with E-state index in [4.69, 9.17) is 11.6 Å². The van der Waals surface area contributed by atoms with Crippen LogP contribution in [0.3, 0.4) is 0 Å². The molecule has 1 fully saturated rings. The Bertz CT molecular complexity index is 1180. The molecule has 1 aliphatic carbocycles. The highest BCUT2D eigenvalue weighted by atomic mass is 35.5. The van der Waals surface area contributed by atoms with Gasteiger partial charge in [-0.15, -0.1) is 0 Å². The zero-order chi connectivity index (χ0) is 22.2. The van der Waals surface area contributed by atoms with Gasteiger partial charge >= 0.3 is 0 Å². The smallest absolute Gasteiger partial charge is 0.253 e. The summed E-state index contributed by atoms with van der Waals surface area (Å²) >= 11 is 6.11. The van der Waals surface area contributed by atoms with Crippen LogP contribution >= 0.6 is 11.6 Å². The van der Waals surface area contributed by atoms with Crippen LogP contribution in [0.25, 0.3) is 5.69 Å². The molecule has 1 saturated heterocycles. The molecule has 0 bridgehead atoms. The lowest BCUT2D eigenvalue weighted by Gasteiger charge is -2.36. The van der Waals surface area contributed by atoms with Crippen LogP contribution in [0.15, 0.2) is 48.5 Å². The number of carbonyl (C=O) groups is 2. The lowest BCUT2D eigenvalue weighted by Crippen LogP contribution is -2.48. The van der Waals surface area contributed by atoms with Gasteiger partial charge in [0.1, 0.15) is 0 Å². The second kappa shape index (κ2) is 8.43. The molecule has 32 heavy (non-hydrogen) atoms. The number of aryl methyl sites for hydroxylation is 1. The Balaban J connectivity index is 1.29. The van der Waals surface area contributed by atoms with Crippen LogP contribution < -0.4 is 4.90 Å². The second-order valence-electron chi connectivity index (χ2n) is 8.40. The van der Waals surface area contributed by atoms with Crippen molar-refractivity contribution in [1.82, 2.24) is 14.7 Å². The fraction of sp³-hybridized carbons (Fsp3) is 0.320. The number of anilines is 1. The van der Waals surface area contributed by atoms with Gasteiger partial charge in [-0.25, -0.2) is 4.68 Å². The largest absolute Gasteiger partial charge is 0.368 e. The number of fused-ring (bicyclic) bond motifs is 1. The van der Waals surface area contributed by atoms with E-state index in [0.717, 1.165) is 59.3 Å². The molecular weight excluding hydrogens is 424 g/mol. The van der Waals surface area contributed by atoms with E-state index in [1.54, 1.807) is 0 Å². The summed E-state index contributed by atoms with van der Waals surface area (Å²) in [4.78, 5) is 29.5. The molecule has 0 radical (unpaired) electrons. The van der Waals surface area contributed by atoms with Crippen LogP contribution in [-0.2, 0) is 6.42 Å². The molecule has 7 heteroatoms.